The van der Waals surface area contributed by atoms with E-state index >= 15 is 0 Å². The summed E-state index contributed by atoms with van der Waals surface area (Å²) in [6.07, 6.45) is 2.18. The molecule has 0 aromatic rings. The number of ether oxygens (including phenoxy) is 1. The van der Waals surface area contributed by atoms with Gasteiger partial charge in [0.1, 0.15) is 0 Å². The molecule has 2 aliphatic heterocycles. The van der Waals surface area contributed by atoms with Crippen LogP contribution >= 0.6 is 0 Å². The van der Waals surface area contributed by atoms with Crippen LogP contribution < -0.4 is 11.1 Å². The standard InChI is InChI=1S/C14H26N4O3/c1-11(13(19)16-14(15)20)18-4-2-12(3-5-18)10-17-6-8-21-9-7-17/h11-12H,2-10H2,1H3,(H3,15,16,19,20)/t11-/m1/s1. The highest BCUT2D eigenvalue weighted by Gasteiger charge is 2.28. The van der Waals surface area contributed by atoms with Crippen molar-refractivity contribution in [2.75, 3.05) is 45.9 Å². The number of carbonyl (C=O) groups is 2. The quantitative estimate of drug-likeness (QED) is 0.738. The van der Waals surface area contributed by atoms with E-state index in [1.54, 1.807) is 0 Å². The van der Waals surface area contributed by atoms with E-state index in [9.17, 15) is 9.59 Å². The third-order valence-electron chi connectivity index (χ3n) is 4.44. The van der Waals surface area contributed by atoms with Crippen LogP contribution in [0.5, 0.6) is 0 Å². The Kier molecular flexibility index (Phi) is 5.96. The molecule has 7 nitrogen and oxygen atoms in total. The van der Waals surface area contributed by atoms with Crippen LogP contribution in [0.4, 0.5) is 4.79 Å². The zero-order chi connectivity index (χ0) is 15.2. The lowest BCUT2D eigenvalue weighted by atomic mass is 9.95. The fourth-order valence-electron chi connectivity index (χ4n) is 3.06. The SMILES string of the molecule is C[C@H](C(=O)NC(N)=O)N1CCC(CN2CCOCC2)CC1. The van der Waals surface area contributed by atoms with Gasteiger partial charge in [-0.3, -0.25) is 19.9 Å². The summed E-state index contributed by atoms with van der Waals surface area (Å²) in [5, 5.41) is 2.15. The molecule has 1 atom stereocenters. The molecule has 0 aromatic carbocycles. The first-order chi connectivity index (χ1) is 10.1. The van der Waals surface area contributed by atoms with Crippen LogP contribution in [0, 0.1) is 5.92 Å². The predicted molar refractivity (Wildman–Crippen MR) is 78.7 cm³/mol. The molecular weight excluding hydrogens is 272 g/mol. The minimum Gasteiger partial charge on any atom is -0.379 e. The molecule has 0 bridgehead atoms. The van der Waals surface area contributed by atoms with E-state index in [1.807, 2.05) is 6.92 Å². The van der Waals surface area contributed by atoms with Gasteiger partial charge < -0.3 is 10.5 Å². The number of piperidine rings is 1. The lowest BCUT2D eigenvalue weighted by molar-refractivity contribution is -0.125. The van der Waals surface area contributed by atoms with Crippen molar-refractivity contribution in [2.24, 2.45) is 11.7 Å². The number of carbonyl (C=O) groups excluding carboxylic acids is 2. The van der Waals surface area contributed by atoms with Gasteiger partial charge in [-0.15, -0.1) is 0 Å². The van der Waals surface area contributed by atoms with Gasteiger partial charge >= 0.3 is 6.03 Å². The van der Waals surface area contributed by atoms with Crippen molar-refractivity contribution in [1.29, 1.82) is 0 Å². The van der Waals surface area contributed by atoms with Crippen molar-refractivity contribution in [3.63, 3.8) is 0 Å². The number of urea groups is 1. The van der Waals surface area contributed by atoms with Gasteiger partial charge in [0.2, 0.25) is 5.91 Å². The summed E-state index contributed by atoms with van der Waals surface area (Å²) in [6, 6.07) is -1.09. The first-order valence-electron chi connectivity index (χ1n) is 7.70. The minimum atomic E-state index is -0.783. The van der Waals surface area contributed by atoms with Gasteiger partial charge in [0.25, 0.3) is 0 Å². The van der Waals surface area contributed by atoms with E-state index in [0.29, 0.717) is 5.92 Å². The third-order valence-corrected chi connectivity index (χ3v) is 4.44. The molecule has 0 aromatic heterocycles. The second-order valence-corrected chi connectivity index (χ2v) is 5.92. The predicted octanol–water partition coefficient (Wildman–Crippen LogP) is -0.386. The Morgan fingerprint density at radius 2 is 1.86 bits per heavy atom. The van der Waals surface area contributed by atoms with Gasteiger partial charge in [-0.1, -0.05) is 0 Å². The van der Waals surface area contributed by atoms with E-state index < -0.39 is 6.03 Å². The number of morpholine rings is 1. The van der Waals surface area contributed by atoms with Gasteiger partial charge in [-0.2, -0.15) is 0 Å². The Bertz CT molecular complexity index is 363. The van der Waals surface area contributed by atoms with E-state index in [0.717, 1.165) is 58.8 Å². The number of rotatable bonds is 4. The topological polar surface area (TPSA) is 87.9 Å². The molecule has 7 heteroatoms. The van der Waals surface area contributed by atoms with Crippen molar-refractivity contribution >= 4 is 11.9 Å². The van der Waals surface area contributed by atoms with E-state index in [4.69, 9.17) is 10.5 Å². The van der Waals surface area contributed by atoms with Gasteiger partial charge in [-0.25, -0.2) is 4.79 Å². The number of nitrogens with two attached hydrogens (primary N) is 1. The average molecular weight is 298 g/mol. The highest BCUT2D eigenvalue weighted by Crippen LogP contribution is 2.20. The Hall–Kier alpha value is -1.18. The van der Waals surface area contributed by atoms with Crippen LogP contribution in [0.25, 0.3) is 0 Å². The summed E-state index contributed by atoms with van der Waals surface area (Å²) in [4.78, 5) is 27.1. The molecule has 0 saturated carbocycles. The maximum absolute atomic E-state index is 11.8. The molecule has 2 heterocycles. The number of primary amides is 1. The van der Waals surface area contributed by atoms with Crippen LogP contribution in [0.1, 0.15) is 19.8 Å². The number of nitrogens with one attached hydrogen (secondary N) is 1. The summed E-state index contributed by atoms with van der Waals surface area (Å²) < 4.78 is 5.36. The molecule has 0 unspecified atom stereocenters. The lowest BCUT2D eigenvalue weighted by Gasteiger charge is -2.37. The first-order valence-corrected chi connectivity index (χ1v) is 7.70. The van der Waals surface area contributed by atoms with Crippen molar-refractivity contribution < 1.29 is 14.3 Å². The van der Waals surface area contributed by atoms with Crippen LogP contribution in [0.2, 0.25) is 0 Å². The lowest BCUT2D eigenvalue weighted by Crippen LogP contribution is -2.51. The van der Waals surface area contributed by atoms with Crippen LogP contribution in [-0.2, 0) is 9.53 Å². The van der Waals surface area contributed by atoms with Gasteiger partial charge in [0, 0.05) is 19.6 Å². The molecule has 3 amide bonds. The number of amides is 3. The third kappa shape index (κ3) is 4.94. The second kappa shape index (κ2) is 7.72. The molecule has 2 fully saturated rings. The zero-order valence-electron chi connectivity index (χ0n) is 12.7. The molecule has 2 saturated heterocycles. The molecule has 0 aliphatic carbocycles. The molecule has 21 heavy (non-hydrogen) atoms. The summed E-state index contributed by atoms with van der Waals surface area (Å²) in [5.74, 6) is 0.375. The highest BCUT2D eigenvalue weighted by molar-refractivity contribution is 5.96. The van der Waals surface area contributed by atoms with Gasteiger partial charge in [0.05, 0.1) is 19.3 Å². The maximum atomic E-state index is 11.8. The molecule has 2 aliphatic rings. The van der Waals surface area contributed by atoms with Gasteiger partial charge in [0.15, 0.2) is 0 Å². The van der Waals surface area contributed by atoms with Crippen molar-refractivity contribution in [3.8, 4) is 0 Å². The Balaban J connectivity index is 1.72. The minimum absolute atomic E-state index is 0.304. The first kappa shape index (κ1) is 16.2. The maximum Gasteiger partial charge on any atom is 0.318 e. The van der Waals surface area contributed by atoms with E-state index in [2.05, 4.69) is 15.1 Å². The number of imide groups is 1. The van der Waals surface area contributed by atoms with Crippen molar-refractivity contribution in [2.45, 2.75) is 25.8 Å². The Labute approximate surface area is 125 Å². The normalized spacial score (nSPS) is 23.7. The Morgan fingerprint density at radius 3 is 2.43 bits per heavy atom. The smallest absolute Gasteiger partial charge is 0.318 e. The summed E-state index contributed by atoms with van der Waals surface area (Å²) in [5.41, 5.74) is 4.98. The molecule has 2 rings (SSSR count). The molecular formula is C14H26N4O3. The molecule has 0 spiro atoms. The summed E-state index contributed by atoms with van der Waals surface area (Å²) in [6.45, 7) is 8.45. The zero-order valence-corrected chi connectivity index (χ0v) is 12.7. The van der Waals surface area contributed by atoms with Crippen LogP contribution in [-0.4, -0.2) is 73.7 Å². The van der Waals surface area contributed by atoms with E-state index in [1.165, 1.54) is 0 Å². The van der Waals surface area contributed by atoms with Crippen molar-refractivity contribution in [3.05, 3.63) is 0 Å². The summed E-state index contributed by atoms with van der Waals surface area (Å²) >= 11 is 0. The molecule has 3 N–H and O–H groups in total. The number of nitrogens with zero attached hydrogens (tertiary/aromatic N) is 2. The van der Waals surface area contributed by atoms with Gasteiger partial charge in [-0.05, 0) is 38.8 Å². The second-order valence-electron chi connectivity index (χ2n) is 5.92. The Morgan fingerprint density at radius 1 is 1.24 bits per heavy atom. The highest BCUT2D eigenvalue weighted by atomic mass is 16.5. The van der Waals surface area contributed by atoms with Crippen LogP contribution in [0.15, 0.2) is 0 Å². The average Bonchev–Trinajstić information content (AvgIpc) is 2.47. The molecule has 0 radical (unpaired) electrons. The fraction of sp³-hybridized carbons (Fsp3) is 0.857. The number of hydrogen-bond acceptors (Lipinski definition) is 5. The number of hydrogen-bond donors (Lipinski definition) is 2. The molecule has 120 valence electrons. The van der Waals surface area contributed by atoms with Crippen LogP contribution in [0.3, 0.4) is 0 Å². The number of likely N-dealkylation sites (tertiary alicyclic amines) is 1. The largest absolute Gasteiger partial charge is 0.379 e. The van der Waals surface area contributed by atoms with Crippen molar-refractivity contribution in [1.82, 2.24) is 15.1 Å². The summed E-state index contributed by atoms with van der Waals surface area (Å²) in [7, 11) is 0. The fourth-order valence-corrected chi connectivity index (χ4v) is 3.06. The monoisotopic (exact) mass is 298 g/mol. The van der Waals surface area contributed by atoms with E-state index in [-0.39, 0.29) is 11.9 Å².